The minimum absolute atomic E-state index is 0.625. The molecule has 86 valence electrons. The van der Waals surface area contributed by atoms with Crippen molar-refractivity contribution in [3.05, 3.63) is 18.1 Å². The lowest BCUT2D eigenvalue weighted by atomic mass is 10.1. The molecule has 0 aliphatic carbocycles. The fourth-order valence-electron chi connectivity index (χ4n) is 1.36. The van der Waals surface area contributed by atoms with Crippen molar-refractivity contribution >= 4 is 0 Å². The van der Waals surface area contributed by atoms with E-state index in [9.17, 15) is 0 Å². The van der Waals surface area contributed by atoms with Crippen LogP contribution in [0, 0.1) is 11.8 Å². The van der Waals surface area contributed by atoms with Crippen LogP contribution in [0.5, 0.6) is 5.75 Å². The Balaban J connectivity index is 2.33. The number of rotatable bonds is 6. The second-order valence-corrected chi connectivity index (χ2v) is 4.88. The van der Waals surface area contributed by atoms with Gasteiger partial charge >= 0.3 is 0 Å². The molecule has 1 heterocycles. The largest absolute Gasteiger partial charge is 0.490 e. The summed E-state index contributed by atoms with van der Waals surface area (Å²) in [5.74, 6) is 3.20. The summed E-state index contributed by atoms with van der Waals surface area (Å²) in [4.78, 5) is 0. The molecule has 0 saturated heterocycles. The molecular formula is C13H22O2. The van der Waals surface area contributed by atoms with Crippen LogP contribution in [-0.4, -0.2) is 6.61 Å². The Morgan fingerprint density at radius 3 is 2.53 bits per heavy atom. The van der Waals surface area contributed by atoms with Crippen molar-refractivity contribution < 1.29 is 9.15 Å². The van der Waals surface area contributed by atoms with E-state index in [1.807, 2.05) is 6.07 Å². The van der Waals surface area contributed by atoms with Gasteiger partial charge in [-0.3, -0.25) is 0 Å². The third-order valence-corrected chi connectivity index (χ3v) is 2.20. The normalized spacial score (nSPS) is 11.3. The summed E-state index contributed by atoms with van der Waals surface area (Å²) in [5.41, 5.74) is 0. The van der Waals surface area contributed by atoms with Gasteiger partial charge in [-0.1, -0.05) is 27.7 Å². The highest BCUT2D eigenvalue weighted by atomic mass is 16.5. The first kappa shape index (κ1) is 12.2. The molecule has 0 spiro atoms. The molecule has 15 heavy (non-hydrogen) atoms. The maximum Gasteiger partial charge on any atom is 0.157 e. The zero-order chi connectivity index (χ0) is 11.3. The zero-order valence-corrected chi connectivity index (χ0v) is 10.2. The van der Waals surface area contributed by atoms with Crippen molar-refractivity contribution in [3.8, 4) is 5.75 Å². The SMILES string of the molecule is CC(C)CCOc1coc(CC(C)C)c1. The first-order valence-corrected chi connectivity index (χ1v) is 5.78. The van der Waals surface area contributed by atoms with Crippen molar-refractivity contribution in [2.24, 2.45) is 11.8 Å². The van der Waals surface area contributed by atoms with Crippen LogP contribution in [0.4, 0.5) is 0 Å². The summed E-state index contributed by atoms with van der Waals surface area (Å²) in [6, 6.07) is 2.00. The van der Waals surface area contributed by atoms with Crippen molar-refractivity contribution in [3.63, 3.8) is 0 Å². The van der Waals surface area contributed by atoms with E-state index in [-0.39, 0.29) is 0 Å². The number of hydrogen-bond acceptors (Lipinski definition) is 2. The third-order valence-electron chi connectivity index (χ3n) is 2.20. The summed E-state index contributed by atoms with van der Waals surface area (Å²) in [7, 11) is 0. The van der Waals surface area contributed by atoms with Crippen LogP contribution in [0.25, 0.3) is 0 Å². The third kappa shape index (κ3) is 4.91. The second kappa shape index (κ2) is 5.84. The van der Waals surface area contributed by atoms with Gasteiger partial charge in [0.1, 0.15) is 12.0 Å². The molecule has 0 unspecified atom stereocenters. The van der Waals surface area contributed by atoms with Crippen LogP contribution in [-0.2, 0) is 6.42 Å². The van der Waals surface area contributed by atoms with Gasteiger partial charge in [-0.2, -0.15) is 0 Å². The number of furan rings is 1. The van der Waals surface area contributed by atoms with Gasteiger partial charge in [0.05, 0.1) is 6.61 Å². The molecule has 0 N–H and O–H groups in total. The summed E-state index contributed by atoms with van der Waals surface area (Å²) < 4.78 is 11.0. The summed E-state index contributed by atoms with van der Waals surface area (Å²) >= 11 is 0. The summed E-state index contributed by atoms with van der Waals surface area (Å²) in [5, 5.41) is 0. The van der Waals surface area contributed by atoms with E-state index in [1.54, 1.807) is 6.26 Å². The number of hydrogen-bond donors (Lipinski definition) is 0. The minimum Gasteiger partial charge on any atom is -0.490 e. The fraction of sp³-hybridized carbons (Fsp3) is 0.692. The van der Waals surface area contributed by atoms with E-state index < -0.39 is 0 Å². The first-order chi connectivity index (χ1) is 7.08. The van der Waals surface area contributed by atoms with Crippen molar-refractivity contribution in [1.82, 2.24) is 0 Å². The van der Waals surface area contributed by atoms with E-state index in [0.29, 0.717) is 11.8 Å². The molecule has 0 aromatic carbocycles. The predicted octanol–water partition coefficient (Wildman–Crippen LogP) is 3.90. The summed E-state index contributed by atoms with van der Waals surface area (Å²) in [6.45, 7) is 9.54. The van der Waals surface area contributed by atoms with Crippen LogP contribution >= 0.6 is 0 Å². The van der Waals surface area contributed by atoms with Crippen LogP contribution in [0.2, 0.25) is 0 Å². The predicted molar refractivity (Wildman–Crippen MR) is 62.2 cm³/mol. The smallest absolute Gasteiger partial charge is 0.157 e. The highest BCUT2D eigenvalue weighted by Crippen LogP contribution is 2.19. The Morgan fingerprint density at radius 1 is 1.20 bits per heavy atom. The highest BCUT2D eigenvalue weighted by molar-refractivity contribution is 5.19. The maximum absolute atomic E-state index is 5.59. The van der Waals surface area contributed by atoms with Crippen LogP contribution in [0.1, 0.15) is 39.9 Å². The van der Waals surface area contributed by atoms with Gasteiger partial charge < -0.3 is 9.15 Å². The molecule has 2 heteroatoms. The van der Waals surface area contributed by atoms with Gasteiger partial charge in [-0.25, -0.2) is 0 Å². The Morgan fingerprint density at radius 2 is 1.93 bits per heavy atom. The lowest BCUT2D eigenvalue weighted by molar-refractivity contribution is 0.286. The topological polar surface area (TPSA) is 22.4 Å². The van der Waals surface area contributed by atoms with Gasteiger partial charge in [0.15, 0.2) is 5.75 Å². The van der Waals surface area contributed by atoms with E-state index >= 15 is 0 Å². The maximum atomic E-state index is 5.59. The van der Waals surface area contributed by atoms with E-state index in [0.717, 1.165) is 31.0 Å². The molecule has 0 atom stereocenters. The standard InChI is InChI=1S/C13H22O2/c1-10(2)5-6-14-13-8-12(15-9-13)7-11(3)4/h8-11H,5-7H2,1-4H3. The Kier molecular flexibility index (Phi) is 4.73. The van der Waals surface area contributed by atoms with Gasteiger partial charge in [-0.05, 0) is 18.3 Å². The Bertz CT molecular complexity index is 274. The van der Waals surface area contributed by atoms with Gasteiger partial charge in [0, 0.05) is 12.5 Å². The average molecular weight is 210 g/mol. The molecule has 0 bridgehead atoms. The average Bonchev–Trinajstić information content (AvgIpc) is 2.50. The molecule has 2 nitrogen and oxygen atoms in total. The molecule has 1 rings (SSSR count). The van der Waals surface area contributed by atoms with E-state index in [2.05, 4.69) is 27.7 Å². The fourth-order valence-corrected chi connectivity index (χ4v) is 1.36. The van der Waals surface area contributed by atoms with E-state index in [1.165, 1.54) is 0 Å². The minimum atomic E-state index is 0.625. The van der Waals surface area contributed by atoms with Crippen LogP contribution in [0.3, 0.4) is 0 Å². The molecule has 1 aromatic rings. The molecule has 0 aliphatic rings. The molecule has 0 radical (unpaired) electrons. The molecule has 0 amide bonds. The molecular weight excluding hydrogens is 188 g/mol. The quantitative estimate of drug-likeness (QED) is 0.710. The van der Waals surface area contributed by atoms with Gasteiger partial charge in [0.25, 0.3) is 0 Å². The lowest BCUT2D eigenvalue weighted by Gasteiger charge is -2.04. The molecule has 0 fully saturated rings. The molecule has 1 aromatic heterocycles. The van der Waals surface area contributed by atoms with E-state index in [4.69, 9.17) is 9.15 Å². The Labute approximate surface area is 92.6 Å². The van der Waals surface area contributed by atoms with Crippen molar-refractivity contribution in [2.45, 2.75) is 40.5 Å². The first-order valence-electron chi connectivity index (χ1n) is 5.78. The van der Waals surface area contributed by atoms with Gasteiger partial charge in [0.2, 0.25) is 0 Å². The lowest BCUT2D eigenvalue weighted by Crippen LogP contribution is -2.00. The van der Waals surface area contributed by atoms with Gasteiger partial charge in [-0.15, -0.1) is 0 Å². The second-order valence-electron chi connectivity index (χ2n) is 4.88. The van der Waals surface area contributed by atoms with Crippen molar-refractivity contribution in [2.75, 3.05) is 6.61 Å². The van der Waals surface area contributed by atoms with Crippen LogP contribution in [0.15, 0.2) is 16.7 Å². The molecule has 0 aliphatic heterocycles. The zero-order valence-electron chi connectivity index (χ0n) is 10.2. The summed E-state index contributed by atoms with van der Waals surface area (Å²) in [6.07, 6.45) is 3.77. The number of ether oxygens (including phenoxy) is 1. The van der Waals surface area contributed by atoms with Crippen molar-refractivity contribution in [1.29, 1.82) is 0 Å². The highest BCUT2D eigenvalue weighted by Gasteiger charge is 2.05. The van der Waals surface area contributed by atoms with Crippen LogP contribution < -0.4 is 4.74 Å². The monoisotopic (exact) mass is 210 g/mol. The Hall–Kier alpha value is -0.920. The molecule has 0 saturated carbocycles.